The molecule has 0 bridgehead atoms. The van der Waals surface area contributed by atoms with E-state index in [2.05, 4.69) is 9.46 Å². The molecule has 2 aromatic rings. The third kappa shape index (κ3) is 4.59. The van der Waals surface area contributed by atoms with Crippen LogP contribution in [0.15, 0.2) is 47.4 Å². The van der Waals surface area contributed by atoms with Gasteiger partial charge in [0.2, 0.25) is 0 Å². The number of alkyl halides is 4. The maximum atomic E-state index is 13.3. The zero-order valence-corrected chi connectivity index (χ0v) is 13.5. The Hall–Kier alpha value is -2.36. The Morgan fingerprint density at radius 2 is 1.80 bits per heavy atom. The van der Waals surface area contributed by atoms with E-state index in [4.69, 9.17) is 0 Å². The lowest BCUT2D eigenvalue weighted by molar-refractivity contribution is -0.253. The number of hydrogen-bond acceptors (Lipinski definition) is 3. The number of aryl methyl sites for hydroxylation is 1. The van der Waals surface area contributed by atoms with Gasteiger partial charge < -0.3 is 4.74 Å². The van der Waals surface area contributed by atoms with Crippen LogP contribution >= 0.6 is 0 Å². The molecule has 2 aromatic carbocycles. The summed E-state index contributed by atoms with van der Waals surface area (Å²) in [5.74, 6) is -1.44. The molecule has 0 aliphatic rings. The molecule has 1 N–H and O–H groups in total. The van der Waals surface area contributed by atoms with Crippen molar-refractivity contribution in [2.75, 3.05) is 4.72 Å². The minimum atomic E-state index is -4.73. The molecule has 0 atom stereocenters. The Labute approximate surface area is 140 Å². The molecule has 2 rings (SSSR count). The van der Waals surface area contributed by atoms with Gasteiger partial charge in [0.1, 0.15) is 11.6 Å². The maximum absolute atomic E-state index is 13.3. The van der Waals surface area contributed by atoms with Crippen LogP contribution in [0.5, 0.6) is 5.75 Å². The van der Waals surface area contributed by atoms with Crippen molar-refractivity contribution in [3.8, 4) is 5.75 Å². The van der Waals surface area contributed by atoms with Gasteiger partial charge in [0, 0.05) is 6.07 Å². The smallest absolute Gasteiger partial charge is 0.428 e. The molecule has 4 nitrogen and oxygen atoms in total. The average Bonchev–Trinajstić information content (AvgIpc) is 2.49. The Kier molecular flexibility index (Phi) is 5.21. The average molecular weight is 381 g/mol. The predicted octanol–water partition coefficient (Wildman–Crippen LogP) is 4.17. The molecule has 0 aliphatic carbocycles. The van der Waals surface area contributed by atoms with Gasteiger partial charge >= 0.3 is 12.5 Å². The zero-order valence-electron chi connectivity index (χ0n) is 12.6. The molecule has 25 heavy (non-hydrogen) atoms. The van der Waals surface area contributed by atoms with E-state index in [1.54, 1.807) is 0 Å². The summed E-state index contributed by atoms with van der Waals surface area (Å²) in [4.78, 5) is -0.350. The van der Waals surface area contributed by atoms with Crippen LogP contribution in [0, 0.1) is 12.7 Å². The highest BCUT2D eigenvalue weighted by Crippen LogP contribution is 2.29. The number of rotatable bonds is 6. The molecule has 0 aromatic heterocycles. The summed E-state index contributed by atoms with van der Waals surface area (Å²) < 4.78 is 93.9. The molecule has 0 heterocycles. The van der Waals surface area contributed by atoms with Crippen LogP contribution in [0.2, 0.25) is 0 Å². The van der Waals surface area contributed by atoms with Gasteiger partial charge in [-0.15, -0.1) is 0 Å². The molecular weight excluding hydrogens is 369 g/mol. The van der Waals surface area contributed by atoms with E-state index in [0.717, 1.165) is 30.3 Å². The molecular formula is C15H12F5NO3S. The highest BCUT2D eigenvalue weighted by Gasteiger charge is 2.44. The third-order valence-electron chi connectivity index (χ3n) is 3.03. The van der Waals surface area contributed by atoms with Crippen molar-refractivity contribution in [3.63, 3.8) is 0 Å². The van der Waals surface area contributed by atoms with Crippen LogP contribution in [0.3, 0.4) is 0 Å². The second-order valence-electron chi connectivity index (χ2n) is 5.01. The minimum absolute atomic E-state index is 0.216. The number of hydrogen-bond donors (Lipinski definition) is 1. The van der Waals surface area contributed by atoms with Crippen molar-refractivity contribution in [3.05, 3.63) is 53.8 Å². The van der Waals surface area contributed by atoms with Crippen LogP contribution in [-0.4, -0.2) is 21.0 Å². The summed E-state index contributed by atoms with van der Waals surface area (Å²) in [5.41, 5.74) is 0.0387. The number of ether oxygens (including phenoxy) is 1. The summed E-state index contributed by atoms with van der Waals surface area (Å²) in [6.45, 7) is 1.44. The van der Waals surface area contributed by atoms with Gasteiger partial charge in [-0.05, 0) is 36.8 Å². The Balaban J connectivity index is 2.28. The number of anilines is 1. The fourth-order valence-corrected chi connectivity index (χ4v) is 3.21. The third-order valence-corrected chi connectivity index (χ3v) is 4.56. The fourth-order valence-electron chi connectivity index (χ4n) is 1.90. The molecule has 136 valence electrons. The lowest BCUT2D eigenvalue weighted by Crippen LogP contribution is -2.33. The lowest BCUT2D eigenvalue weighted by atomic mass is 10.2. The Morgan fingerprint density at radius 1 is 1.12 bits per heavy atom. The van der Waals surface area contributed by atoms with Crippen molar-refractivity contribution in [1.82, 2.24) is 0 Å². The summed E-state index contributed by atoms with van der Waals surface area (Å²) in [6.07, 6.45) is -8.78. The van der Waals surface area contributed by atoms with E-state index in [1.165, 1.54) is 19.1 Å². The molecule has 0 saturated heterocycles. The maximum Gasteiger partial charge on any atom is 0.461 e. The van der Waals surface area contributed by atoms with E-state index in [-0.39, 0.29) is 16.1 Å². The minimum Gasteiger partial charge on any atom is -0.428 e. The summed E-state index contributed by atoms with van der Waals surface area (Å²) in [6, 6.07) is 7.22. The van der Waals surface area contributed by atoms with Gasteiger partial charge in [-0.25, -0.2) is 12.8 Å². The van der Waals surface area contributed by atoms with Crippen molar-refractivity contribution < 1.29 is 35.1 Å². The number of benzene rings is 2. The molecule has 0 saturated carbocycles. The van der Waals surface area contributed by atoms with Gasteiger partial charge in [-0.1, -0.05) is 12.1 Å². The predicted molar refractivity (Wildman–Crippen MR) is 80.0 cm³/mol. The van der Waals surface area contributed by atoms with E-state index in [0.29, 0.717) is 0 Å². The molecule has 0 unspecified atom stereocenters. The first kappa shape index (κ1) is 19.0. The van der Waals surface area contributed by atoms with Gasteiger partial charge in [0.25, 0.3) is 10.0 Å². The van der Waals surface area contributed by atoms with Crippen LogP contribution in [0.25, 0.3) is 0 Å². The number of sulfonamides is 1. The second-order valence-corrected chi connectivity index (χ2v) is 6.66. The number of halogens is 5. The van der Waals surface area contributed by atoms with Crippen LogP contribution in [0.1, 0.15) is 5.56 Å². The first-order valence-electron chi connectivity index (χ1n) is 6.75. The highest BCUT2D eigenvalue weighted by molar-refractivity contribution is 7.92. The largest absolute Gasteiger partial charge is 0.461 e. The molecule has 0 aliphatic heterocycles. The van der Waals surface area contributed by atoms with Crippen LogP contribution in [-0.2, 0) is 10.0 Å². The summed E-state index contributed by atoms with van der Waals surface area (Å²) >= 11 is 0. The molecule has 0 amide bonds. The topological polar surface area (TPSA) is 55.4 Å². The zero-order chi connectivity index (χ0) is 18.8. The van der Waals surface area contributed by atoms with E-state index in [9.17, 15) is 30.4 Å². The van der Waals surface area contributed by atoms with Gasteiger partial charge in [0.15, 0.2) is 0 Å². The van der Waals surface area contributed by atoms with Crippen molar-refractivity contribution in [2.24, 2.45) is 0 Å². The number of nitrogens with one attached hydrogen (secondary N) is 1. The molecule has 10 heteroatoms. The summed E-state index contributed by atoms with van der Waals surface area (Å²) in [7, 11) is -4.22. The fraction of sp³-hybridized carbons (Fsp3) is 0.200. The van der Waals surface area contributed by atoms with Gasteiger partial charge in [0.05, 0.1) is 10.6 Å². The molecule has 0 spiro atoms. The quantitative estimate of drug-likeness (QED) is 0.764. The SMILES string of the molecule is Cc1ccc(F)cc1S(=O)(=O)Nc1cccc(OC(F)(F)C(F)F)c1. The van der Waals surface area contributed by atoms with E-state index >= 15 is 0 Å². The molecule has 0 radical (unpaired) electrons. The standard InChI is InChI=1S/C15H12F5NO3S/c1-9-5-6-10(16)7-13(9)25(22,23)21-11-3-2-4-12(8-11)24-15(19,20)14(17)18/h2-8,14,21H,1H3. The first-order valence-corrected chi connectivity index (χ1v) is 8.23. The lowest BCUT2D eigenvalue weighted by Gasteiger charge is -2.17. The summed E-state index contributed by atoms with van der Waals surface area (Å²) in [5, 5.41) is 0. The van der Waals surface area contributed by atoms with Crippen molar-refractivity contribution >= 4 is 15.7 Å². The Bertz CT molecular complexity index is 871. The van der Waals surface area contributed by atoms with Gasteiger partial charge in [-0.2, -0.15) is 17.6 Å². The monoisotopic (exact) mass is 381 g/mol. The normalized spacial score (nSPS) is 12.3. The molecule has 0 fully saturated rings. The van der Waals surface area contributed by atoms with Crippen molar-refractivity contribution in [1.29, 1.82) is 0 Å². The van der Waals surface area contributed by atoms with Crippen LogP contribution in [0.4, 0.5) is 27.6 Å². The van der Waals surface area contributed by atoms with Crippen LogP contribution < -0.4 is 9.46 Å². The highest BCUT2D eigenvalue weighted by atomic mass is 32.2. The second kappa shape index (κ2) is 6.87. The van der Waals surface area contributed by atoms with Crippen molar-refractivity contribution in [2.45, 2.75) is 24.4 Å². The Morgan fingerprint density at radius 3 is 2.44 bits per heavy atom. The van der Waals surface area contributed by atoms with E-state index in [1.807, 2.05) is 0 Å². The van der Waals surface area contributed by atoms with E-state index < -0.39 is 34.1 Å². The first-order chi connectivity index (χ1) is 11.5. The van der Waals surface area contributed by atoms with Gasteiger partial charge in [-0.3, -0.25) is 4.72 Å².